The van der Waals surface area contributed by atoms with Crippen LogP contribution in [0.1, 0.15) is 86.1 Å². The summed E-state index contributed by atoms with van der Waals surface area (Å²) in [6.07, 6.45) is 1.95. The molecule has 10 aromatic rings. The molecule has 5 heteroatoms. The predicted octanol–water partition coefficient (Wildman–Crippen LogP) is 14.2. The van der Waals surface area contributed by atoms with Gasteiger partial charge in [0, 0.05) is 6.20 Å². The number of pyridine rings is 1. The third-order valence-electron chi connectivity index (χ3n) is 13.6. The molecule has 0 bridgehead atoms. The van der Waals surface area contributed by atoms with E-state index in [1.165, 1.54) is 49.9 Å². The molecule has 0 fully saturated rings. The minimum absolute atomic E-state index is 0.0426. The molecule has 0 unspecified atom stereocenters. The molecular formula is C59H50N4Pt-2. The molecule has 7 aromatic carbocycles. The first-order valence-corrected chi connectivity index (χ1v) is 23.4. The molecule has 0 aliphatic heterocycles. The van der Waals surface area contributed by atoms with E-state index in [4.69, 9.17) is 4.98 Å². The van der Waals surface area contributed by atoms with Gasteiger partial charge in [-0.1, -0.05) is 32.9 Å². The fraction of sp³-hybridized carbons (Fsp3) is 0.186. The summed E-state index contributed by atoms with van der Waals surface area (Å²) in [4.78, 5) is 5.05. The van der Waals surface area contributed by atoms with E-state index in [2.05, 4.69) is 252 Å². The summed E-state index contributed by atoms with van der Waals surface area (Å²) in [5, 5.41) is 2.33. The van der Waals surface area contributed by atoms with Crippen molar-refractivity contribution in [1.29, 1.82) is 0 Å². The van der Waals surface area contributed by atoms with Crippen molar-refractivity contribution in [3.05, 3.63) is 218 Å². The van der Waals surface area contributed by atoms with Crippen LogP contribution in [0, 0.1) is 29.8 Å². The van der Waals surface area contributed by atoms with Crippen LogP contribution < -0.4 is 0 Å². The summed E-state index contributed by atoms with van der Waals surface area (Å²) >= 11 is 2.53. The Balaban J connectivity index is 1.27. The number of aromatic nitrogens is 4. The van der Waals surface area contributed by atoms with Crippen molar-refractivity contribution in [2.24, 2.45) is 0 Å². The van der Waals surface area contributed by atoms with Crippen LogP contribution >= 0.6 is 0 Å². The van der Waals surface area contributed by atoms with E-state index in [0.717, 1.165) is 59.6 Å². The third kappa shape index (κ3) is 6.06. The second-order valence-corrected chi connectivity index (χ2v) is 20.6. The van der Waals surface area contributed by atoms with Gasteiger partial charge in [-0.2, -0.15) is 0 Å². The molecule has 0 N–H and O–H groups in total. The van der Waals surface area contributed by atoms with Gasteiger partial charge in [-0.3, -0.25) is 0 Å². The second-order valence-electron chi connectivity index (χ2n) is 19.6. The van der Waals surface area contributed by atoms with Crippen molar-refractivity contribution in [3.63, 3.8) is 0 Å². The molecule has 0 spiro atoms. The summed E-state index contributed by atoms with van der Waals surface area (Å²) in [5.74, 6) is 0.892. The van der Waals surface area contributed by atoms with Crippen molar-refractivity contribution >= 4 is 32.8 Å². The van der Waals surface area contributed by atoms with Crippen LogP contribution in [0.3, 0.4) is 0 Å². The summed E-state index contributed by atoms with van der Waals surface area (Å²) in [6.45, 7) is 18.2. The van der Waals surface area contributed by atoms with E-state index in [-0.39, 0.29) is 10.8 Å². The Morgan fingerprint density at radius 2 is 1.12 bits per heavy atom. The monoisotopic (exact) mass is 1010 g/mol. The van der Waals surface area contributed by atoms with Gasteiger partial charge in [0.1, 0.15) is 0 Å². The third-order valence-corrected chi connectivity index (χ3v) is 14.6. The zero-order valence-corrected chi connectivity index (χ0v) is 39.9. The zero-order valence-electron chi connectivity index (χ0n) is 37.6. The summed E-state index contributed by atoms with van der Waals surface area (Å²) in [6, 6.07) is 64.4. The van der Waals surface area contributed by atoms with E-state index < -0.39 is 5.41 Å². The van der Waals surface area contributed by atoms with E-state index in [1.807, 2.05) is 6.20 Å². The standard InChI is InChI=1S/C59H50N4.Pt/c1-38-30-54-55(31-39(38)2)62(37-61(54)44-18-10-9-11-19-44)45-33-42(58(6,7)8)32-43(34-45)59(50-23-15-12-20-46(50)47-21-13-16-24-51(47)59)41-26-27-49-48-22-14-17-25-52(48)63(53(49)35-41)56-36-40(28-29-60-56)57(3,4)5;/h9-33,36H,1-8H3;/q-2;. The number of hydrogen-bond acceptors (Lipinski definition) is 1. The maximum absolute atomic E-state index is 5.05. The number of rotatable bonds is 5. The fourth-order valence-electron chi connectivity index (χ4n) is 10.1. The Morgan fingerprint density at radius 3 is 1.80 bits per heavy atom. The van der Waals surface area contributed by atoms with Crippen LogP contribution in [0.25, 0.3) is 61.2 Å². The Kier molecular flexibility index (Phi) is 9.22. The number of hydrogen-bond donors (Lipinski definition) is 0. The average Bonchev–Trinajstić information content (AvgIpc) is 3.89. The molecule has 0 amide bonds. The Hall–Kier alpha value is -6.35. The van der Waals surface area contributed by atoms with Gasteiger partial charge in [-0.15, -0.1) is 0 Å². The predicted molar refractivity (Wildman–Crippen MR) is 260 cm³/mol. The maximum atomic E-state index is 5.05. The van der Waals surface area contributed by atoms with Gasteiger partial charge in [-0.05, 0) is 17.0 Å². The molecule has 0 saturated heterocycles. The van der Waals surface area contributed by atoms with Crippen molar-refractivity contribution in [1.82, 2.24) is 18.7 Å². The van der Waals surface area contributed by atoms with Crippen LogP contribution in [0.15, 0.2) is 158 Å². The molecule has 1 aliphatic carbocycles. The molecule has 0 radical (unpaired) electrons. The van der Waals surface area contributed by atoms with Crippen LogP contribution in [-0.4, -0.2) is 18.7 Å². The zero-order chi connectivity index (χ0) is 44.3. The van der Waals surface area contributed by atoms with Crippen LogP contribution in [0.4, 0.5) is 0 Å². The summed E-state index contributed by atoms with van der Waals surface area (Å²) in [5.41, 5.74) is 17.7. The van der Waals surface area contributed by atoms with Crippen LogP contribution in [0.2, 0.25) is 0 Å². The van der Waals surface area contributed by atoms with Gasteiger partial charge in [0.25, 0.3) is 0 Å². The number of imidazole rings is 1. The Bertz CT molecular complexity index is 3520. The first-order chi connectivity index (χ1) is 30.7. The van der Waals surface area contributed by atoms with Gasteiger partial charge in [0.2, 0.25) is 0 Å². The van der Waals surface area contributed by atoms with E-state index >= 15 is 0 Å². The Morgan fingerprint density at radius 1 is 0.516 bits per heavy atom. The average molecular weight is 1010 g/mol. The molecule has 4 nitrogen and oxygen atoms in total. The van der Waals surface area contributed by atoms with Gasteiger partial charge in [0.15, 0.2) is 0 Å². The first kappa shape index (κ1) is 40.4. The number of nitrogens with zero attached hydrogens (tertiary/aromatic N) is 4. The number of para-hydroxylation sites is 2. The molecule has 0 atom stereocenters. The quantitative estimate of drug-likeness (QED) is 0.158. The Labute approximate surface area is 386 Å². The van der Waals surface area contributed by atoms with Gasteiger partial charge in [-0.25, -0.2) is 0 Å². The molecule has 3 aromatic heterocycles. The van der Waals surface area contributed by atoms with E-state index in [9.17, 15) is 0 Å². The number of aryl methyl sites for hydroxylation is 2. The van der Waals surface area contributed by atoms with E-state index in [1.54, 1.807) is 0 Å². The van der Waals surface area contributed by atoms with Crippen molar-refractivity contribution in [2.45, 2.75) is 71.6 Å². The molecule has 318 valence electrons. The molecule has 64 heavy (non-hydrogen) atoms. The molecule has 3 heterocycles. The summed E-state index contributed by atoms with van der Waals surface area (Å²) in [7, 11) is 0. The number of benzene rings is 7. The molecule has 0 saturated carbocycles. The van der Waals surface area contributed by atoms with E-state index in [0.29, 0.717) is 0 Å². The van der Waals surface area contributed by atoms with Crippen molar-refractivity contribution in [3.8, 4) is 28.3 Å². The molecular weight excluding hydrogens is 960 g/mol. The minimum atomic E-state index is -0.768. The topological polar surface area (TPSA) is 27.7 Å². The number of fused-ring (bicyclic) bond motifs is 7. The van der Waals surface area contributed by atoms with Gasteiger partial charge in [0.05, 0.1) is 0 Å². The van der Waals surface area contributed by atoms with Crippen molar-refractivity contribution < 1.29 is 19.4 Å². The summed E-state index contributed by atoms with van der Waals surface area (Å²) < 4.78 is 8.22. The van der Waals surface area contributed by atoms with Crippen LogP contribution in [-0.2, 0) is 35.6 Å². The van der Waals surface area contributed by atoms with Gasteiger partial charge >= 0.3 is 333 Å². The SMILES string of the molecule is Cc1cc2c(cc1C)n(-c1ccccc1)[c](=[Pt])n2-c1[c-]c(C2(c3[c-]c4c(cc3)c3ccccc3n4-c3cc(C(C)(C)C)ccn3)c3ccccc3-c3ccccc32)cc(C(C)(C)C)c1. The van der Waals surface area contributed by atoms with Crippen molar-refractivity contribution in [2.75, 3.05) is 0 Å². The first-order valence-electron chi connectivity index (χ1n) is 22.2. The van der Waals surface area contributed by atoms with Gasteiger partial charge < -0.3 is 0 Å². The normalized spacial score (nSPS) is 13.5. The van der Waals surface area contributed by atoms with Crippen LogP contribution in [0.5, 0.6) is 0 Å². The molecule has 1 aliphatic rings. The fourth-order valence-corrected chi connectivity index (χ4v) is 11.2. The second kappa shape index (κ2) is 14.6. The molecule has 11 rings (SSSR count).